The van der Waals surface area contributed by atoms with E-state index in [4.69, 9.17) is 4.94 Å². The van der Waals surface area contributed by atoms with Crippen molar-refractivity contribution in [1.82, 2.24) is 0 Å². The highest BCUT2D eigenvalue weighted by Gasteiger charge is 2.10. The molecule has 0 aliphatic rings. The van der Waals surface area contributed by atoms with E-state index in [0.29, 0.717) is 0 Å². The first-order valence-electron chi connectivity index (χ1n) is 2.43. The minimum absolute atomic E-state index is 0.231. The molecular formula is C4H13N2O2+. The van der Waals surface area contributed by atoms with Crippen molar-refractivity contribution in [3.8, 4) is 0 Å². The topological polar surface area (TPSA) is 36.7 Å². The molecule has 0 saturated carbocycles. The van der Waals surface area contributed by atoms with Gasteiger partial charge in [0.15, 0.2) is 0 Å². The van der Waals surface area contributed by atoms with E-state index in [1.165, 1.54) is 7.05 Å². The van der Waals surface area contributed by atoms with Crippen molar-refractivity contribution in [2.45, 2.75) is 0 Å². The molecule has 0 aromatic carbocycles. The minimum Gasteiger partial charge on any atom is -0.596 e. The average molecular weight is 121 g/mol. The summed E-state index contributed by atoms with van der Waals surface area (Å²) in [6.07, 6.45) is 0. The van der Waals surface area contributed by atoms with E-state index in [9.17, 15) is 5.21 Å². The van der Waals surface area contributed by atoms with Gasteiger partial charge in [-0.25, -0.2) is 0 Å². The fourth-order valence-electron chi connectivity index (χ4n) is 0.386. The zero-order chi connectivity index (χ0) is 6.78. The first-order chi connectivity index (χ1) is 3.42. The van der Waals surface area contributed by atoms with E-state index in [1.54, 1.807) is 21.1 Å². The molecule has 0 heterocycles. The van der Waals surface area contributed by atoms with Gasteiger partial charge in [0.05, 0.1) is 0 Å². The van der Waals surface area contributed by atoms with Crippen molar-refractivity contribution < 1.29 is 14.8 Å². The number of nitrogens with one attached hydrogen (secondary N) is 1. The van der Waals surface area contributed by atoms with E-state index < -0.39 is 0 Å². The van der Waals surface area contributed by atoms with Gasteiger partial charge in [0.2, 0.25) is 0 Å². The summed E-state index contributed by atoms with van der Waals surface area (Å²) in [6, 6.07) is 0. The van der Waals surface area contributed by atoms with Gasteiger partial charge in [-0.2, -0.15) is 5.23 Å². The number of rotatable bonds is 2. The number of quaternary nitrogens is 2. The summed E-state index contributed by atoms with van der Waals surface area (Å²) in [4.78, 5) is 4.74. The number of hydrogen-bond acceptors (Lipinski definition) is 2. The smallest absolute Gasteiger partial charge is 0.104 e. The number of hydrogen-bond donors (Lipinski definition) is 1. The highest BCUT2D eigenvalue weighted by atomic mass is 17.0. The van der Waals surface area contributed by atoms with Crippen LogP contribution >= 0.6 is 0 Å². The molecule has 0 fully saturated rings. The molecule has 50 valence electrons. The molecule has 0 aromatic rings. The molecule has 0 aliphatic carbocycles. The summed E-state index contributed by atoms with van der Waals surface area (Å²) in [7, 11) is 6.73. The third-order valence-electron chi connectivity index (χ3n) is 0.402. The lowest BCUT2D eigenvalue weighted by Gasteiger charge is -2.23. The van der Waals surface area contributed by atoms with Crippen LogP contribution in [-0.4, -0.2) is 32.8 Å². The van der Waals surface area contributed by atoms with Crippen LogP contribution in [0.1, 0.15) is 0 Å². The van der Waals surface area contributed by atoms with Crippen LogP contribution in [0.3, 0.4) is 0 Å². The Morgan fingerprint density at radius 1 is 1.38 bits per heavy atom. The Morgan fingerprint density at radius 3 is 1.75 bits per heavy atom. The minimum atomic E-state index is -0.252. The maximum atomic E-state index is 10.2. The molecule has 4 nitrogen and oxygen atoms in total. The lowest BCUT2D eigenvalue weighted by molar-refractivity contribution is -1.31. The molecule has 0 aliphatic heterocycles. The van der Waals surface area contributed by atoms with Gasteiger partial charge in [-0.3, -0.25) is 0 Å². The molecule has 1 unspecified atom stereocenters. The highest BCUT2D eigenvalue weighted by molar-refractivity contribution is 3.83. The fourth-order valence-corrected chi connectivity index (χ4v) is 0.386. The zero-order valence-electron chi connectivity index (χ0n) is 5.76. The summed E-state index contributed by atoms with van der Waals surface area (Å²) in [5.41, 5.74) is 0. The van der Waals surface area contributed by atoms with E-state index >= 15 is 0 Å². The van der Waals surface area contributed by atoms with Crippen molar-refractivity contribution in [3.05, 3.63) is 5.21 Å². The van der Waals surface area contributed by atoms with Gasteiger partial charge >= 0.3 is 0 Å². The van der Waals surface area contributed by atoms with Crippen LogP contribution in [0.25, 0.3) is 0 Å². The second-order valence-electron chi connectivity index (χ2n) is 2.47. The highest BCUT2D eigenvalue weighted by Crippen LogP contribution is 1.81. The summed E-state index contributed by atoms with van der Waals surface area (Å²) in [5.74, 6) is 0. The van der Waals surface area contributed by atoms with Crippen molar-refractivity contribution >= 4 is 0 Å². The van der Waals surface area contributed by atoms with Crippen LogP contribution in [0, 0.1) is 5.21 Å². The van der Waals surface area contributed by atoms with Crippen LogP contribution in [0.15, 0.2) is 0 Å². The number of nitrogens with zero attached hydrogens (tertiary/aromatic N) is 1. The maximum absolute atomic E-state index is 10.2. The van der Waals surface area contributed by atoms with Gasteiger partial charge in [0.25, 0.3) is 0 Å². The predicted octanol–water partition coefficient (Wildman–Crippen LogP) is -1.45. The largest absolute Gasteiger partial charge is 0.596 e. The van der Waals surface area contributed by atoms with E-state index in [0.717, 1.165) is 0 Å². The second kappa shape index (κ2) is 2.41. The molecule has 0 radical (unpaired) electrons. The standard InChI is InChI=1S/C4H13N2O2/c1-5(7)8-6(2,3)4/h5H,1-4H3/q+1. The molecule has 1 N–H and O–H groups in total. The SMILES string of the molecule is C[NH+]([O-])O[N+](C)(C)C. The third kappa shape index (κ3) is 5.84. The van der Waals surface area contributed by atoms with Gasteiger partial charge in [0.1, 0.15) is 28.2 Å². The van der Waals surface area contributed by atoms with Gasteiger partial charge < -0.3 is 5.21 Å². The van der Waals surface area contributed by atoms with Crippen LogP contribution in [0.2, 0.25) is 0 Å². The molecule has 4 heteroatoms. The normalized spacial score (nSPS) is 16.1. The molecule has 0 spiro atoms. The van der Waals surface area contributed by atoms with Crippen molar-refractivity contribution in [3.63, 3.8) is 0 Å². The molecular weight excluding hydrogens is 108 g/mol. The Kier molecular flexibility index (Phi) is 2.36. The Hall–Kier alpha value is -0.160. The van der Waals surface area contributed by atoms with Crippen molar-refractivity contribution in [2.75, 3.05) is 28.2 Å². The summed E-state index contributed by atoms with van der Waals surface area (Å²) in [6.45, 7) is 0. The fraction of sp³-hybridized carbons (Fsp3) is 1.00. The molecule has 0 bridgehead atoms. The lowest BCUT2D eigenvalue weighted by Crippen LogP contribution is -3.05. The summed E-state index contributed by atoms with van der Waals surface area (Å²) < 4.78 is 0.231. The van der Waals surface area contributed by atoms with Crippen LogP contribution < -0.4 is 5.23 Å². The molecule has 0 rings (SSSR count). The van der Waals surface area contributed by atoms with Crippen LogP contribution in [0.5, 0.6) is 0 Å². The lowest BCUT2D eigenvalue weighted by atomic mass is 11.0. The Morgan fingerprint density at radius 2 is 1.75 bits per heavy atom. The maximum Gasteiger partial charge on any atom is 0.104 e. The van der Waals surface area contributed by atoms with E-state index in [1.807, 2.05) is 0 Å². The van der Waals surface area contributed by atoms with E-state index in [-0.39, 0.29) is 9.87 Å². The van der Waals surface area contributed by atoms with Gasteiger partial charge in [0, 0.05) is 0 Å². The van der Waals surface area contributed by atoms with Crippen molar-refractivity contribution in [1.29, 1.82) is 0 Å². The summed E-state index contributed by atoms with van der Waals surface area (Å²) >= 11 is 0. The Balaban J connectivity index is 3.39. The monoisotopic (exact) mass is 121 g/mol. The Bertz CT molecular complexity index is 66.9. The third-order valence-corrected chi connectivity index (χ3v) is 0.402. The Labute approximate surface area is 49.3 Å². The second-order valence-corrected chi connectivity index (χ2v) is 2.47. The first-order valence-corrected chi connectivity index (χ1v) is 2.43. The zero-order valence-corrected chi connectivity index (χ0v) is 5.76. The number of hydroxylamine groups is 5. The van der Waals surface area contributed by atoms with Crippen LogP contribution in [-0.2, 0) is 4.94 Å². The quantitative estimate of drug-likeness (QED) is 0.358. The molecule has 0 aromatic heterocycles. The molecule has 1 atom stereocenters. The van der Waals surface area contributed by atoms with Gasteiger partial charge in [-0.1, -0.05) is 0 Å². The molecule has 0 amide bonds. The average Bonchev–Trinajstić information content (AvgIpc) is 1.21. The molecule has 8 heavy (non-hydrogen) atoms. The van der Waals surface area contributed by atoms with Gasteiger partial charge in [-0.05, 0) is 4.94 Å². The summed E-state index contributed by atoms with van der Waals surface area (Å²) in [5, 5.41) is 9.97. The first kappa shape index (κ1) is 7.84. The van der Waals surface area contributed by atoms with Crippen LogP contribution in [0.4, 0.5) is 0 Å². The van der Waals surface area contributed by atoms with E-state index in [2.05, 4.69) is 0 Å². The van der Waals surface area contributed by atoms with Gasteiger partial charge in [-0.15, -0.1) is 4.65 Å². The predicted molar refractivity (Wildman–Crippen MR) is 29.4 cm³/mol. The molecule has 0 saturated heterocycles. The van der Waals surface area contributed by atoms with Crippen molar-refractivity contribution in [2.24, 2.45) is 0 Å².